The van der Waals surface area contributed by atoms with Gasteiger partial charge in [-0.3, -0.25) is 38.4 Å². The van der Waals surface area contributed by atoms with Gasteiger partial charge in [0.25, 0.3) is 0 Å². The molecule has 0 saturated heterocycles. The Morgan fingerprint density at radius 1 is 0.261 bits per heavy atom. The van der Waals surface area contributed by atoms with Crippen molar-refractivity contribution in [1.82, 2.24) is 39.9 Å². The van der Waals surface area contributed by atoms with Crippen LogP contribution in [0.15, 0.2) is 121 Å². The maximum Gasteiger partial charge on any atom is 2.00 e. The molecule has 0 atom stereocenters. The van der Waals surface area contributed by atoms with Crippen LogP contribution in [0.4, 0.5) is 0 Å². The SMILES string of the molecule is COC(=O)CCC1=C(C)c2nc1cc1[n-]c(c(C)c1CCC(=O)OC)c1c3nc(cc4[n-]c(c(C)c4CCC(=O)OC)c2-c2cccc(c2)C#Cc2cccc(c2)-c2c4nc(cc5[n-]c(c(C)c5CCC(=O)OC)c(c5nc(cc6[n-]c2c(C)c6CCC(=O)OC)C(CCC(=O)OC)=C5C)-c2cccc(c2)C#Cc2cccc-1c2)C(CCC(=O)OC)=C4C)C(CCC(=O)OC)=C3C.[Zn+2].[Zn+2]. The van der Waals surface area contributed by atoms with E-state index >= 15 is 0 Å². The zero-order valence-electron chi connectivity index (χ0n) is 78.4. The summed E-state index contributed by atoms with van der Waals surface area (Å²) < 4.78 is 42.6. The maximum absolute atomic E-state index is 13.6. The predicted octanol–water partition coefficient (Wildman–Crippen LogP) is 18.4. The number of rotatable bonds is 24. The molecule has 8 aliphatic rings. The average Bonchev–Trinajstić information content (AvgIpc) is 1.59. The number of aryl methyl sites for hydroxylation is 8. The van der Waals surface area contributed by atoms with Gasteiger partial charge >= 0.3 is 86.7 Å². The second-order valence-electron chi connectivity index (χ2n) is 33.1. The number of allylic oxidation sites excluding steroid dienone is 8. The third-order valence-electron chi connectivity index (χ3n) is 25.5. The van der Waals surface area contributed by atoms with E-state index in [-0.39, 0.29) is 142 Å². The van der Waals surface area contributed by atoms with Gasteiger partial charge in [-0.2, -0.15) is 0 Å². The van der Waals surface area contributed by atoms with Crippen LogP contribution < -0.4 is 19.9 Å². The molecule has 0 amide bonds. The summed E-state index contributed by atoms with van der Waals surface area (Å²) in [4.78, 5) is 154. The first kappa shape index (κ1) is 97.7. The third kappa shape index (κ3) is 20.1. The summed E-state index contributed by atoms with van der Waals surface area (Å²) in [6.45, 7) is 15.8. The van der Waals surface area contributed by atoms with Crippen LogP contribution in [0.25, 0.3) is 133 Å². The summed E-state index contributed by atoms with van der Waals surface area (Å²) in [5, 5.41) is 0. The maximum atomic E-state index is 13.6. The number of aromatic nitrogens is 8. The molecule has 8 aliphatic heterocycles. The molecule has 0 N–H and O–H groups in total. The molecule has 0 saturated carbocycles. The number of hydrogen-bond donors (Lipinski definition) is 0. The Hall–Kier alpha value is -13.8. The molecule has 0 fully saturated rings. The molecule has 134 heavy (non-hydrogen) atoms. The zero-order chi connectivity index (χ0) is 93.6. The van der Waals surface area contributed by atoms with Gasteiger partial charge in [0, 0.05) is 73.6 Å². The number of ether oxygens (including phenoxy) is 8. The van der Waals surface area contributed by atoms with Crippen molar-refractivity contribution < 1.29 is 115 Å². The fraction of sp³-hybridized carbons (Fsp3) is 0.296. The summed E-state index contributed by atoms with van der Waals surface area (Å²) in [5.41, 5.74) is 26.8. The number of benzene rings is 4. The van der Waals surface area contributed by atoms with Crippen LogP contribution in [-0.2, 0) is 141 Å². The molecule has 0 radical (unpaired) electrons. The first-order chi connectivity index (χ1) is 63.7. The first-order valence-corrected chi connectivity index (χ1v) is 43.9. The Kier molecular flexibility index (Phi) is 30.9. The van der Waals surface area contributed by atoms with Crippen LogP contribution in [0.3, 0.4) is 0 Å². The van der Waals surface area contributed by atoms with Gasteiger partial charge in [0.2, 0.25) is 0 Å². The van der Waals surface area contributed by atoms with Crippen molar-refractivity contribution in [3.8, 4) is 68.2 Å². The minimum Gasteiger partial charge on any atom is -0.657 e. The van der Waals surface area contributed by atoms with E-state index in [4.69, 9.17) is 77.8 Å². The van der Waals surface area contributed by atoms with Gasteiger partial charge in [-0.1, -0.05) is 141 Å². The summed E-state index contributed by atoms with van der Waals surface area (Å²) >= 11 is 0. The number of methoxy groups -OCH3 is 8. The van der Waals surface area contributed by atoms with Crippen LogP contribution in [0, 0.1) is 51.4 Å². The van der Waals surface area contributed by atoms with Gasteiger partial charge in [-0.15, -0.1) is 44.1 Å². The first-order valence-electron chi connectivity index (χ1n) is 43.9. The van der Waals surface area contributed by atoms with E-state index in [0.29, 0.717) is 156 Å². The Labute approximate surface area is 802 Å². The molecule has 26 heteroatoms. The van der Waals surface area contributed by atoms with Crippen LogP contribution in [0.2, 0.25) is 0 Å². The molecule has 14 heterocycles. The second kappa shape index (κ2) is 42.4. The number of esters is 8. The Bertz CT molecular complexity index is 6360. The van der Waals surface area contributed by atoms with Gasteiger partial charge < -0.3 is 57.8 Å². The normalized spacial score (nSPS) is 12.4. The number of hydrogen-bond acceptors (Lipinski definition) is 20. The Balaban J connectivity index is 0.00000761. The van der Waals surface area contributed by atoms with Crippen molar-refractivity contribution in [2.24, 2.45) is 0 Å². The monoisotopic (exact) mass is 1890 g/mol. The van der Waals surface area contributed by atoms with Crippen molar-refractivity contribution in [3.63, 3.8) is 0 Å². The van der Waals surface area contributed by atoms with Crippen LogP contribution >= 0.6 is 0 Å². The van der Waals surface area contributed by atoms with E-state index in [0.717, 1.165) is 89.1 Å². The molecule has 0 unspecified atom stereocenters. The van der Waals surface area contributed by atoms with Crippen molar-refractivity contribution in [2.75, 3.05) is 56.9 Å². The number of carbonyl (C=O) groups is 8. The predicted molar refractivity (Wildman–Crippen MR) is 507 cm³/mol. The molecular weight excluding hydrogens is 1800 g/mol. The van der Waals surface area contributed by atoms with Gasteiger partial charge in [0.15, 0.2) is 0 Å². The Morgan fingerprint density at radius 3 is 0.619 bits per heavy atom. The summed E-state index contributed by atoms with van der Waals surface area (Å²) in [7, 11) is 10.8. The summed E-state index contributed by atoms with van der Waals surface area (Å²) in [6, 6.07) is 38.8. The minimum atomic E-state index is -0.444. The van der Waals surface area contributed by atoms with E-state index in [1.165, 1.54) is 56.9 Å². The molecule has 18 rings (SSSR count). The molecule has 6 aromatic heterocycles. The molecule has 0 aliphatic carbocycles. The second-order valence-corrected chi connectivity index (χ2v) is 33.1. The molecule has 24 nitrogen and oxygen atoms in total. The van der Waals surface area contributed by atoms with E-state index in [1.54, 1.807) is 0 Å². The average molecular weight is 1900 g/mol. The van der Waals surface area contributed by atoms with E-state index in [1.807, 2.05) is 177 Å². The number of carbonyl (C=O) groups excluding carboxylic acids is 8. The number of nitrogens with zero attached hydrogens (tertiary/aromatic N) is 8. The van der Waals surface area contributed by atoms with Gasteiger partial charge in [-0.25, -0.2) is 19.9 Å². The minimum absolute atomic E-state index is 0. The zero-order valence-corrected chi connectivity index (χ0v) is 84.3. The smallest absolute Gasteiger partial charge is 0.657 e. The fourth-order valence-electron chi connectivity index (χ4n) is 18.3. The molecule has 0 spiro atoms. The van der Waals surface area contributed by atoms with Crippen molar-refractivity contribution >= 4 is 136 Å². The summed E-state index contributed by atoms with van der Waals surface area (Å²) in [5.74, 6) is 10.6. The van der Waals surface area contributed by atoms with E-state index in [9.17, 15) is 38.4 Å². The van der Waals surface area contributed by atoms with Crippen molar-refractivity contribution in [3.05, 3.63) is 234 Å². The van der Waals surface area contributed by atoms with Gasteiger partial charge in [0.1, 0.15) is 0 Å². The van der Waals surface area contributed by atoms with E-state index < -0.39 is 47.8 Å². The Morgan fingerprint density at radius 2 is 0.440 bits per heavy atom. The van der Waals surface area contributed by atoms with Crippen molar-refractivity contribution in [2.45, 2.75) is 158 Å². The van der Waals surface area contributed by atoms with Gasteiger partial charge in [0.05, 0.1) is 102 Å². The standard InChI is InChI=1S/C108H100N8O16.2Zn/c1-57-73(33-41-89(117)125-9)81-53-82-75(35-43-91(119)127-11)59(3)103(111-82)98-70-26-19-23-67(51-70)31-32-68-24-20-28-72(52-68)100-107-63(7)79(39-47-95(123)131-15)87(115-107)55-85-77(37-45-93(121)129-13)61(5)105(113-85)99(106-62(6)78(38-46-94(122)130-14)86(114-106)56-88-80(40-48-96(124)132-16)64(8)108(100)116-88)71-27-18-22-66(50-71)30-29-65-21-17-25-69(49-65)97(101(57)109-81)102-58(2)74(34-42-90(118)126-10)83(110-102)54-84-76(36-44-92(120)128-12)60(4)104(98)112-84;;/h17-28,49-56H,33-48H2,1-16H3;;/q-4;2*+2. The molecule has 4 aromatic carbocycles. The van der Waals surface area contributed by atoms with Crippen LogP contribution in [-0.4, -0.2) is 125 Å². The molecule has 672 valence electrons. The van der Waals surface area contributed by atoms with Gasteiger partial charge in [-0.05, 0) is 244 Å². The quantitative estimate of drug-likeness (QED) is 0.0235. The summed E-state index contributed by atoms with van der Waals surface area (Å²) in [6.07, 6.45) is 1.35. The fourth-order valence-corrected chi connectivity index (χ4v) is 18.3. The van der Waals surface area contributed by atoms with Crippen LogP contribution in [0.1, 0.15) is 217 Å². The molecule has 10 aromatic rings. The van der Waals surface area contributed by atoms with Crippen molar-refractivity contribution in [1.29, 1.82) is 0 Å². The topological polar surface area (TPSA) is 318 Å². The molecule has 28 bridgehead atoms. The third-order valence-corrected chi connectivity index (χ3v) is 25.5. The van der Waals surface area contributed by atoms with Crippen LogP contribution in [0.5, 0.6) is 0 Å². The largest absolute Gasteiger partial charge is 2.00 e. The molecular formula is C108H100N8O16Zn2. The van der Waals surface area contributed by atoms with E-state index in [2.05, 4.69) is 23.7 Å².